The zero-order chi connectivity index (χ0) is 25.3. The molecule has 0 heterocycles. The van der Waals surface area contributed by atoms with Crippen LogP contribution < -0.4 is 4.72 Å². The number of rotatable bonds is 6. The van der Waals surface area contributed by atoms with E-state index in [4.69, 9.17) is 0 Å². The number of aryl methyl sites for hydroxylation is 2. The van der Waals surface area contributed by atoms with Crippen molar-refractivity contribution >= 4 is 27.1 Å². The van der Waals surface area contributed by atoms with Gasteiger partial charge in [0, 0.05) is 11.3 Å². The van der Waals surface area contributed by atoms with E-state index in [9.17, 15) is 13.2 Å². The molecule has 0 amide bonds. The molecule has 0 fully saturated rings. The predicted molar refractivity (Wildman–Crippen MR) is 141 cm³/mol. The van der Waals surface area contributed by atoms with E-state index in [1.54, 1.807) is 31.2 Å². The summed E-state index contributed by atoms with van der Waals surface area (Å²) in [7, 11) is -3.77. The maximum absolute atomic E-state index is 13.1. The second kappa shape index (κ2) is 9.59. The molecule has 0 aromatic heterocycles. The standard InChI is InChI=1S/C29H33NO3S/c1-19-8-11-23(12-9-19)28(21(3)22(4)31)27-18-25(15-10-20(27)2)30-34(32,33)26-16-13-24(14-17-26)29(5,6)7/h8-18,30H,1-7H3/b28-21+. The summed E-state index contributed by atoms with van der Waals surface area (Å²) in [4.78, 5) is 12.5. The van der Waals surface area contributed by atoms with Crippen molar-refractivity contribution < 1.29 is 13.2 Å². The minimum atomic E-state index is -3.77. The van der Waals surface area contributed by atoms with Crippen LogP contribution in [-0.4, -0.2) is 14.2 Å². The average molecular weight is 476 g/mol. The molecular formula is C29H33NO3S. The van der Waals surface area contributed by atoms with Crippen LogP contribution >= 0.6 is 0 Å². The Morgan fingerprint density at radius 3 is 1.94 bits per heavy atom. The molecule has 3 aromatic rings. The summed E-state index contributed by atoms with van der Waals surface area (Å²) in [6, 6.07) is 20.4. The molecule has 1 N–H and O–H groups in total. The number of hydrogen-bond donors (Lipinski definition) is 1. The van der Waals surface area contributed by atoms with E-state index in [0.29, 0.717) is 11.3 Å². The summed E-state index contributed by atoms with van der Waals surface area (Å²) in [6.45, 7) is 13.6. The fraction of sp³-hybridized carbons (Fsp3) is 0.276. The molecule has 0 saturated carbocycles. The summed E-state index contributed by atoms with van der Waals surface area (Å²) in [6.07, 6.45) is 0. The first-order valence-electron chi connectivity index (χ1n) is 11.3. The topological polar surface area (TPSA) is 63.2 Å². The summed E-state index contributed by atoms with van der Waals surface area (Å²) in [5.41, 5.74) is 6.70. The van der Waals surface area contributed by atoms with Crippen LogP contribution in [-0.2, 0) is 20.2 Å². The number of anilines is 1. The van der Waals surface area contributed by atoms with Crippen LogP contribution in [0.2, 0.25) is 0 Å². The normalized spacial score (nSPS) is 12.8. The highest BCUT2D eigenvalue weighted by Crippen LogP contribution is 2.33. The maximum Gasteiger partial charge on any atom is 0.261 e. The van der Waals surface area contributed by atoms with Crippen molar-refractivity contribution in [1.29, 1.82) is 0 Å². The van der Waals surface area contributed by atoms with Gasteiger partial charge in [0.1, 0.15) is 0 Å². The molecule has 0 saturated heterocycles. The van der Waals surface area contributed by atoms with E-state index in [1.165, 1.54) is 0 Å². The lowest BCUT2D eigenvalue weighted by Crippen LogP contribution is -2.15. The Balaban J connectivity index is 2.04. The molecular weight excluding hydrogens is 442 g/mol. The molecule has 3 rings (SSSR count). The molecule has 34 heavy (non-hydrogen) atoms. The van der Waals surface area contributed by atoms with E-state index in [-0.39, 0.29) is 16.1 Å². The summed E-state index contributed by atoms with van der Waals surface area (Å²) < 4.78 is 28.9. The van der Waals surface area contributed by atoms with Gasteiger partial charge in [-0.1, -0.05) is 68.8 Å². The van der Waals surface area contributed by atoms with E-state index in [1.807, 2.05) is 63.2 Å². The second-order valence-corrected chi connectivity index (χ2v) is 11.5. The Hall–Kier alpha value is -3.18. The van der Waals surface area contributed by atoms with Crippen LogP contribution in [0.4, 0.5) is 5.69 Å². The van der Waals surface area contributed by atoms with Gasteiger partial charge in [-0.15, -0.1) is 0 Å². The molecule has 0 unspecified atom stereocenters. The SMILES string of the molecule is CC(=O)/C(C)=C(\c1ccc(C)cc1)c1cc(NS(=O)(=O)c2ccc(C(C)(C)C)cc2)ccc1C. The van der Waals surface area contributed by atoms with Crippen LogP contribution in [0.25, 0.3) is 5.57 Å². The third-order valence-corrected chi connectivity index (χ3v) is 7.43. The number of allylic oxidation sites excluding steroid dienone is 1. The van der Waals surface area contributed by atoms with Gasteiger partial charge in [0.05, 0.1) is 4.90 Å². The minimum absolute atomic E-state index is 0.0279. The van der Waals surface area contributed by atoms with Gasteiger partial charge in [-0.05, 0) is 85.2 Å². The summed E-state index contributed by atoms with van der Waals surface area (Å²) >= 11 is 0. The van der Waals surface area contributed by atoms with Gasteiger partial charge >= 0.3 is 0 Å². The monoisotopic (exact) mass is 475 g/mol. The van der Waals surface area contributed by atoms with Crippen LogP contribution in [0.3, 0.4) is 0 Å². The van der Waals surface area contributed by atoms with E-state index in [0.717, 1.165) is 33.4 Å². The van der Waals surface area contributed by atoms with Crippen molar-refractivity contribution in [3.8, 4) is 0 Å². The Labute approximate surface area is 203 Å². The number of Topliss-reactive ketones (excluding diaryl/α,β-unsaturated/α-hetero) is 1. The number of carbonyl (C=O) groups excluding carboxylic acids is 1. The number of carbonyl (C=O) groups is 1. The highest BCUT2D eigenvalue weighted by molar-refractivity contribution is 7.92. The zero-order valence-electron chi connectivity index (χ0n) is 21.0. The maximum atomic E-state index is 13.1. The Kier molecular flexibility index (Phi) is 7.18. The molecule has 0 radical (unpaired) electrons. The van der Waals surface area contributed by atoms with Gasteiger partial charge in [-0.2, -0.15) is 0 Å². The van der Waals surface area contributed by atoms with Crippen molar-refractivity contribution in [3.63, 3.8) is 0 Å². The van der Waals surface area contributed by atoms with Crippen molar-refractivity contribution in [2.75, 3.05) is 4.72 Å². The number of hydrogen-bond acceptors (Lipinski definition) is 3. The highest BCUT2D eigenvalue weighted by atomic mass is 32.2. The van der Waals surface area contributed by atoms with Crippen LogP contribution in [0.1, 0.15) is 62.4 Å². The first-order chi connectivity index (χ1) is 15.8. The Morgan fingerprint density at radius 1 is 0.824 bits per heavy atom. The summed E-state index contributed by atoms with van der Waals surface area (Å²) in [5, 5.41) is 0. The minimum Gasteiger partial charge on any atom is -0.295 e. The number of sulfonamides is 1. The van der Waals surface area contributed by atoms with Crippen LogP contribution in [0.15, 0.2) is 77.2 Å². The van der Waals surface area contributed by atoms with E-state index >= 15 is 0 Å². The lowest BCUT2D eigenvalue weighted by molar-refractivity contribution is -0.113. The zero-order valence-corrected chi connectivity index (χ0v) is 21.8. The number of nitrogens with one attached hydrogen (secondary N) is 1. The van der Waals surface area contributed by atoms with Crippen molar-refractivity contribution in [2.24, 2.45) is 0 Å². The fourth-order valence-electron chi connectivity index (χ4n) is 3.77. The van der Waals surface area contributed by atoms with Gasteiger partial charge in [0.25, 0.3) is 10.0 Å². The fourth-order valence-corrected chi connectivity index (χ4v) is 4.82. The van der Waals surface area contributed by atoms with Crippen molar-refractivity contribution in [3.05, 3.63) is 100 Å². The molecule has 5 heteroatoms. The van der Waals surface area contributed by atoms with Gasteiger partial charge in [0.2, 0.25) is 0 Å². The first kappa shape index (κ1) is 25.4. The Bertz CT molecular complexity index is 1340. The molecule has 0 aliphatic carbocycles. The molecule has 0 aliphatic rings. The van der Waals surface area contributed by atoms with Crippen LogP contribution in [0.5, 0.6) is 0 Å². The lowest BCUT2D eigenvalue weighted by atomic mass is 9.87. The summed E-state index contributed by atoms with van der Waals surface area (Å²) in [5.74, 6) is -0.0279. The first-order valence-corrected chi connectivity index (χ1v) is 12.8. The highest BCUT2D eigenvalue weighted by Gasteiger charge is 2.19. The van der Waals surface area contributed by atoms with Crippen molar-refractivity contribution in [2.45, 2.75) is 58.8 Å². The van der Waals surface area contributed by atoms with E-state index in [2.05, 4.69) is 25.5 Å². The largest absolute Gasteiger partial charge is 0.295 e. The smallest absolute Gasteiger partial charge is 0.261 e. The van der Waals surface area contributed by atoms with Gasteiger partial charge in [-0.25, -0.2) is 8.42 Å². The third-order valence-electron chi connectivity index (χ3n) is 6.03. The van der Waals surface area contributed by atoms with Crippen LogP contribution in [0, 0.1) is 13.8 Å². The van der Waals surface area contributed by atoms with Gasteiger partial charge < -0.3 is 0 Å². The molecule has 3 aromatic carbocycles. The average Bonchev–Trinajstić information content (AvgIpc) is 2.76. The molecule has 0 spiro atoms. The van der Waals surface area contributed by atoms with Crippen molar-refractivity contribution in [1.82, 2.24) is 0 Å². The Morgan fingerprint density at radius 2 is 1.41 bits per heavy atom. The molecule has 4 nitrogen and oxygen atoms in total. The second-order valence-electron chi connectivity index (χ2n) is 9.83. The van der Waals surface area contributed by atoms with Gasteiger partial charge in [-0.3, -0.25) is 9.52 Å². The van der Waals surface area contributed by atoms with Gasteiger partial charge in [0.15, 0.2) is 5.78 Å². The third kappa shape index (κ3) is 5.65. The van der Waals surface area contributed by atoms with E-state index < -0.39 is 10.0 Å². The predicted octanol–water partition coefficient (Wildman–Crippen LogP) is 6.81. The number of benzene rings is 3. The molecule has 0 bridgehead atoms. The lowest BCUT2D eigenvalue weighted by Gasteiger charge is -2.19. The number of ketones is 1. The molecule has 0 atom stereocenters. The molecule has 0 aliphatic heterocycles. The quantitative estimate of drug-likeness (QED) is 0.398. The molecule has 178 valence electrons.